The van der Waals surface area contributed by atoms with Crippen molar-refractivity contribution in [1.29, 1.82) is 0 Å². The second kappa shape index (κ2) is 7.10. The Morgan fingerprint density at radius 3 is 2.38 bits per heavy atom. The molecule has 0 aromatic carbocycles. The highest BCUT2D eigenvalue weighted by molar-refractivity contribution is 5.80. The number of primary amides is 1. The molecule has 4 heteroatoms. The monoisotopic (exact) mass is 295 g/mol. The first-order valence-corrected chi connectivity index (χ1v) is 8.63. The quantitative estimate of drug-likeness (QED) is 0.837. The van der Waals surface area contributed by atoms with E-state index in [9.17, 15) is 4.79 Å². The number of hydrogen-bond acceptors (Lipinski definition) is 3. The Labute approximate surface area is 129 Å². The molecule has 2 aliphatic rings. The summed E-state index contributed by atoms with van der Waals surface area (Å²) < 4.78 is 0. The molecule has 1 unspecified atom stereocenters. The summed E-state index contributed by atoms with van der Waals surface area (Å²) in [5.74, 6) is 1.13. The number of nitrogens with two attached hydrogens (primary N) is 1. The second-order valence-electron chi connectivity index (χ2n) is 7.96. The van der Waals surface area contributed by atoms with Crippen molar-refractivity contribution in [2.45, 2.75) is 58.9 Å². The normalized spacial score (nSPS) is 30.6. The van der Waals surface area contributed by atoms with Crippen LogP contribution in [0.15, 0.2) is 0 Å². The van der Waals surface area contributed by atoms with Gasteiger partial charge in [-0.05, 0) is 55.9 Å². The Hall–Kier alpha value is -0.610. The van der Waals surface area contributed by atoms with E-state index in [1.807, 2.05) is 0 Å². The summed E-state index contributed by atoms with van der Waals surface area (Å²) in [6, 6.07) is -0.0502. The number of rotatable bonds is 3. The van der Waals surface area contributed by atoms with E-state index < -0.39 is 0 Å². The third kappa shape index (κ3) is 4.43. The number of amides is 1. The van der Waals surface area contributed by atoms with E-state index in [1.54, 1.807) is 0 Å². The third-order valence-corrected chi connectivity index (χ3v) is 5.50. The molecule has 3 N–H and O–H groups in total. The van der Waals surface area contributed by atoms with E-state index in [0.29, 0.717) is 11.3 Å². The van der Waals surface area contributed by atoms with Gasteiger partial charge >= 0.3 is 0 Å². The lowest BCUT2D eigenvalue weighted by Crippen LogP contribution is -2.51. The van der Waals surface area contributed by atoms with E-state index in [0.717, 1.165) is 51.4 Å². The molecule has 2 fully saturated rings. The predicted octanol–water partition coefficient (Wildman–Crippen LogP) is 1.99. The zero-order chi connectivity index (χ0) is 15.5. The van der Waals surface area contributed by atoms with E-state index >= 15 is 0 Å². The summed E-state index contributed by atoms with van der Waals surface area (Å²) in [6.45, 7) is 11.0. The molecule has 4 nitrogen and oxygen atoms in total. The van der Waals surface area contributed by atoms with Gasteiger partial charge in [0, 0.05) is 19.6 Å². The minimum absolute atomic E-state index is 0.0502. The van der Waals surface area contributed by atoms with Crippen LogP contribution in [0.25, 0.3) is 0 Å². The lowest BCUT2D eigenvalue weighted by molar-refractivity contribution is -0.126. The van der Waals surface area contributed by atoms with E-state index in [-0.39, 0.29) is 11.9 Å². The van der Waals surface area contributed by atoms with Gasteiger partial charge in [-0.2, -0.15) is 0 Å². The van der Waals surface area contributed by atoms with Crippen LogP contribution in [0.1, 0.15) is 52.9 Å². The maximum atomic E-state index is 12.0. The molecule has 1 heterocycles. The molecule has 1 amide bonds. The summed E-state index contributed by atoms with van der Waals surface area (Å²) >= 11 is 0. The Morgan fingerprint density at radius 1 is 1.14 bits per heavy atom. The van der Waals surface area contributed by atoms with Crippen molar-refractivity contribution in [3.8, 4) is 0 Å². The molecular weight excluding hydrogens is 262 g/mol. The maximum absolute atomic E-state index is 12.0. The summed E-state index contributed by atoms with van der Waals surface area (Å²) in [7, 11) is 0. The van der Waals surface area contributed by atoms with Crippen LogP contribution in [0, 0.1) is 17.3 Å². The fourth-order valence-electron chi connectivity index (χ4n) is 4.16. The first-order chi connectivity index (χ1) is 9.89. The highest BCUT2D eigenvalue weighted by Crippen LogP contribution is 2.41. The van der Waals surface area contributed by atoms with Crippen LogP contribution in [0.3, 0.4) is 0 Å². The smallest absolute Gasteiger partial charge is 0.235 e. The molecule has 2 rings (SSSR count). The first-order valence-electron chi connectivity index (χ1n) is 8.63. The highest BCUT2D eigenvalue weighted by Gasteiger charge is 2.37. The van der Waals surface area contributed by atoms with Crippen molar-refractivity contribution in [2.75, 3.05) is 26.2 Å². The molecule has 0 spiro atoms. The first kappa shape index (κ1) is 16.8. The van der Waals surface area contributed by atoms with Crippen LogP contribution in [0.4, 0.5) is 0 Å². The van der Waals surface area contributed by atoms with Gasteiger partial charge in [0.1, 0.15) is 0 Å². The predicted molar refractivity (Wildman–Crippen MR) is 86.9 cm³/mol. The zero-order valence-electron chi connectivity index (χ0n) is 14.0. The number of carbonyl (C=O) groups excluding carboxylic acids is 1. The van der Waals surface area contributed by atoms with Crippen LogP contribution < -0.4 is 11.1 Å². The Balaban J connectivity index is 1.98. The molecule has 21 heavy (non-hydrogen) atoms. The van der Waals surface area contributed by atoms with Gasteiger partial charge in [0.2, 0.25) is 5.91 Å². The van der Waals surface area contributed by atoms with Crippen LogP contribution in [-0.4, -0.2) is 43.0 Å². The van der Waals surface area contributed by atoms with Gasteiger partial charge < -0.3 is 11.1 Å². The van der Waals surface area contributed by atoms with E-state index in [2.05, 4.69) is 31.0 Å². The summed E-state index contributed by atoms with van der Waals surface area (Å²) in [5.41, 5.74) is 6.16. The summed E-state index contributed by atoms with van der Waals surface area (Å²) in [4.78, 5) is 14.4. The minimum atomic E-state index is -0.115. The molecule has 122 valence electrons. The van der Waals surface area contributed by atoms with Crippen molar-refractivity contribution >= 4 is 5.91 Å². The van der Waals surface area contributed by atoms with Gasteiger partial charge in [0.25, 0.3) is 0 Å². The van der Waals surface area contributed by atoms with Gasteiger partial charge in [-0.15, -0.1) is 0 Å². The topological polar surface area (TPSA) is 58.4 Å². The molecule has 1 aliphatic heterocycles. The Bertz CT molecular complexity index is 334. The fraction of sp³-hybridized carbons (Fsp3) is 0.941. The summed E-state index contributed by atoms with van der Waals surface area (Å²) in [6.07, 6.45) is 5.90. The molecule has 0 aromatic rings. The van der Waals surface area contributed by atoms with Gasteiger partial charge in [0.15, 0.2) is 0 Å². The largest absolute Gasteiger partial charge is 0.368 e. The van der Waals surface area contributed by atoms with Gasteiger partial charge in [0.05, 0.1) is 6.04 Å². The summed E-state index contributed by atoms with van der Waals surface area (Å²) in [5, 5.41) is 3.41. The van der Waals surface area contributed by atoms with Crippen LogP contribution in [-0.2, 0) is 4.79 Å². The van der Waals surface area contributed by atoms with Crippen molar-refractivity contribution in [1.82, 2.24) is 10.2 Å². The number of hydrogen-bond donors (Lipinski definition) is 2. The molecule has 1 aliphatic carbocycles. The minimum Gasteiger partial charge on any atom is -0.368 e. The highest BCUT2D eigenvalue weighted by atomic mass is 16.1. The van der Waals surface area contributed by atoms with Crippen LogP contribution in [0.5, 0.6) is 0 Å². The molecule has 1 atom stereocenters. The standard InChI is InChI=1S/C17H33N3O/c1-17(2,3)14-7-5-13(6-8-14)15(16(18)21)20-11-4-9-19-10-12-20/h13-15,19H,4-12H2,1-3H3,(H2,18,21). The lowest BCUT2D eigenvalue weighted by atomic mass is 9.68. The molecule has 1 saturated heterocycles. The fourth-order valence-corrected chi connectivity index (χ4v) is 4.16. The average molecular weight is 295 g/mol. The van der Waals surface area contributed by atoms with Crippen molar-refractivity contribution in [3.63, 3.8) is 0 Å². The van der Waals surface area contributed by atoms with E-state index in [1.165, 1.54) is 12.8 Å². The van der Waals surface area contributed by atoms with Crippen molar-refractivity contribution in [2.24, 2.45) is 23.0 Å². The van der Waals surface area contributed by atoms with E-state index in [4.69, 9.17) is 5.73 Å². The van der Waals surface area contributed by atoms with Gasteiger partial charge in [-0.1, -0.05) is 20.8 Å². The number of nitrogens with one attached hydrogen (secondary N) is 1. The molecule has 1 saturated carbocycles. The second-order valence-corrected chi connectivity index (χ2v) is 7.96. The Kier molecular flexibility index (Phi) is 5.67. The number of nitrogens with zero attached hydrogens (tertiary/aromatic N) is 1. The van der Waals surface area contributed by atoms with Gasteiger partial charge in [-0.25, -0.2) is 0 Å². The third-order valence-electron chi connectivity index (χ3n) is 5.50. The molecular formula is C17H33N3O. The molecule has 0 bridgehead atoms. The van der Waals surface area contributed by atoms with Crippen molar-refractivity contribution < 1.29 is 4.79 Å². The van der Waals surface area contributed by atoms with Crippen LogP contribution >= 0.6 is 0 Å². The zero-order valence-corrected chi connectivity index (χ0v) is 14.0. The maximum Gasteiger partial charge on any atom is 0.235 e. The van der Waals surface area contributed by atoms with Crippen molar-refractivity contribution in [3.05, 3.63) is 0 Å². The Morgan fingerprint density at radius 2 is 1.81 bits per heavy atom. The number of carbonyl (C=O) groups is 1. The molecule has 0 radical (unpaired) electrons. The van der Waals surface area contributed by atoms with Gasteiger partial charge in [-0.3, -0.25) is 9.69 Å². The molecule has 0 aromatic heterocycles. The average Bonchev–Trinajstić information content (AvgIpc) is 2.67. The SMILES string of the molecule is CC(C)(C)C1CCC(C(C(N)=O)N2CCCNCC2)CC1. The lowest BCUT2D eigenvalue weighted by Gasteiger charge is -2.41. The van der Waals surface area contributed by atoms with Crippen LogP contribution in [0.2, 0.25) is 0 Å².